The summed E-state index contributed by atoms with van der Waals surface area (Å²) in [4.78, 5) is 39.5. The monoisotopic (exact) mass is 437 g/mol. The van der Waals surface area contributed by atoms with E-state index >= 15 is 0 Å². The third kappa shape index (κ3) is 3.92. The van der Waals surface area contributed by atoms with E-state index in [9.17, 15) is 19.8 Å². The van der Waals surface area contributed by atoms with Gasteiger partial charge in [0.25, 0.3) is 5.69 Å². The fraction of sp³-hybridized carbons (Fsp3) is 0.368. The Morgan fingerprint density at radius 1 is 1.23 bits per heavy atom. The number of benzene rings is 1. The molecule has 1 aromatic heterocycles. The first kappa shape index (κ1) is 22.2. The first-order chi connectivity index (χ1) is 14.2. The second kappa shape index (κ2) is 8.71. The van der Waals surface area contributed by atoms with Gasteiger partial charge < -0.3 is 9.47 Å². The lowest BCUT2D eigenvalue weighted by Crippen LogP contribution is -2.36. The molecular formula is C19H22N2O8P+. The largest absolute Gasteiger partial charge is 0.465 e. The molecule has 1 fully saturated rings. The number of nitro benzene ring substituents is 1. The van der Waals surface area contributed by atoms with Crippen LogP contribution in [-0.2, 0) is 18.5 Å². The number of ether oxygens (including phenoxy) is 2. The van der Waals surface area contributed by atoms with Gasteiger partial charge in [0, 0.05) is 13.2 Å². The lowest BCUT2D eigenvalue weighted by Gasteiger charge is -2.28. The van der Waals surface area contributed by atoms with Gasteiger partial charge in [-0.25, -0.2) is 4.79 Å². The highest BCUT2D eigenvalue weighted by molar-refractivity contribution is 7.69. The van der Waals surface area contributed by atoms with Crippen LogP contribution in [-0.4, -0.2) is 54.3 Å². The minimum Gasteiger partial charge on any atom is -0.465 e. The molecule has 2 heterocycles. The van der Waals surface area contributed by atoms with Gasteiger partial charge in [0.2, 0.25) is 5.30 Å². The molecule has 1 saturated heterocycles. The van der Waals surface area contributed by atoms with Crippen molar-refractivity contribution in [1.82, 2.24) is 4.98 Å². The molecule has 1 aromatic carbocycles. The van der Waals surface area contributed by atoms with Gasteiger partial charge in [-0.2, -0.15) is 13.9 Å². The first-order valence-corrected chi connectivity index (χ1v) is 10.6. The molecule has 11 heteroatoms. The molecule has 10 nitrogen and oxygen atoms in total. The average molecular weight is 437 g/mol. The molecule has 1 aliphatic heterocycles. The number of nitro groups is 1. The van der Waals surface area contributed by atoms with E-state index in [0.717, 1.165) is 0 Å². The van der Waals surface area contributed by atoms with Gasteiger partial charge in [-0.05, 0) is 19.9 Å². The fourth-order valence-electron chi connectivity index (χ4n) is 3.36. The summed E-state index contributed by atoms with van der Waals surface area (Å²) in [5.74, 6) is -0.743. The highest BCUT2D eigenvalue weighted by Gasteiger charge is 2.54. The van der Waals surface area contributed by atoms with E-state index in [0.29, 0.717) is 11.4 Å². The molecule has 0 aliphatic carbocycles. The molecule has 2 aromatic rings. The van der Waals surface area contributed by atoms with E-state index in [1.54, 1.807) is 19.9 Å². The average Bonchev–Trinajstić information content (AvgIpc) is 2.73. The summed E-state index contributed by atoms with van der Waals surface area (Å²) < 4.78 is 21.4. The molecule has 30 heavy (non-hydrogen) atoms. The first-order valence-electron chi connectivity index (χ1n) is 9.01. The molecule has 0 spiro atoms. The highest BCUT2D eigenvalue weighted by atomic mass is 31.2. The summed E-state index contributed by atoms with van der Waals surface area (Å²) in [6.07, 6.45) is -0.376. The summed E-state index contributed by atoms with van der Waals surface area (Å²) in [5.41, 5.74) is 0.635. The van der Waals surface area contributed by atoms with Gasteiger partial charge in [-0.3, -0.25) is 15.1 Å². The molecular weight excluding hydrogens is 415 g/mol. The summed E-state index contributed by atoms with van der Waals surface area (Å²) in [6, 6.07) is 5.93. The summed E-state index contributed by atoms with van der Waals surface area (Å²) in [7, 11) is -1.03. The van der Waals surface area contributed by atoms with E-state index in [1.165, 1.54) is 32.4 Å². The number of esters is 1. The number of methoxy groups -OCH3 is 2. The number of rotatable bonds is 5. The SMILES string of the molecule is COC(=O)c1c(C)nc(C)c([P+]2(O)OCC(OC)CO2)c1-c1ccccc1[N+](=O)[O-]. The van der Waals surface area contributed by atoms with Crippen LogP contribution in [0.4, 0.5) is 5.69 Å². The number of nitrogens with zero attached hydrogens (tertiary/aromatic N) is 2. The maximum Gasteiger partial charge on any atom is 0.448 e. The van der Waals surface area contributed by atoms with Crippen LogP contribution in [0.2, 0.25) is 0 Å². The van der Waals surface area contributed by atoms with Crippen LogP contribution in [0.3, 0.4) is 0 Å². The predicted molar refractivity (Wildman–Crippen MR) is 109 cm³/mol. The van der Waals surface area contributed by atoms with E-state index in [-0.39, 0.29) is 47.0 Å². The molecule has 0 amide bonds. The van der Waals surface area contributed by atoms with Crippen molar-refractivity contribution >= 4 is 24.9 Å². The second-order valence-electron chi connectivity index (χ2n) is 6.62. The summed E-state index contributed by atoms with van der Waals surface area (Å²) >= 11 is 0. The summed E-state index contributed by atoms with van der Waals surface area (Å²) in [6.45, 7) is 3.32. The lowest BCUT2D eigenvalue weighted by atomic mass is 9.96. The lowest BCUT2D eigenvalue weighted by molar-refractivity contribution is -0.384. The number of carbonyl (C=O) groups is 1. The van der Waals surface area contributed by atoms with Crippen molar-refractivity contribution in [3.05, 3.63) is 51.3 Å². The standard InChI is InChI=1S/C19H22N2O8P/c1-11-16(19(22)27-4)17(14-7-5-6-8-15(14)21(23)24)18(12(2)20-11)30(25)28-9-13(26-3)10-29-30/h5-8,13,25H,9-10H2,1-4H3/q+1. The molecule has 0 atom stereocenters. The summed E-state index contributed by atoms with van der Waals surface area (Å²) in [5, 5.41) is 11.8. The number of carbonyl (C=O) groups excluding carboxylic acids is 1. The smallest absolute Gasteiger partial charge is 0.448 e. The minimum absolute atomic E-state index is 0.00175. The zero-order valence-electron chi connectivity index (χ0n) is 16.9. The normalized spacial score (nSPS) is 21.3. The fourth-order valence-corrected chi connectivity index (χ4v) is 5.41. The second-order valence-corrected chi connectivity index (χ2v) is 8.62. The zero-order chi connectivity index (χ0) is 22.1. The number of hydrogen-bond acceptors (Lipinski definition) is 9. The van der Waals surface area contributed by atoms with Gasteiger partial charge in [0.15, 0.2) is 0 Å². The van der Waals surface area contributed by atoms with Crippen molar-refractivity contribution in [3.8, 4) is 11.1 Å². The quantitative estimate of drug-likeness (QED) is 0.324. The Hall–Kier alpha value is -2.49. The third-order valence-electron chi connectivity index (χ3n) is 4.77. The van der Waals surface area contributed by atoms with Crippen LogP contribution in [0.5, 0.6) is 0 Å². The van der Waals surface area contributed by atoms with Crippen LogP contribution in [0.15, 0.2) is 24.3 Å². The van der Waals surface area contributed by atoms with Crippen molar-refractivity contribution in [1.29, 1.82) is 0 Å². The predicted octanol–water partition coefficient (Wildman–Crippen LogP) is 2.50. The Kier molecular flexibility index (Phi) is 6.44. The molecule has 3 rings (SSSR count). The number of aromatic nitrogens is 1. The van der Waals surface area contributed by atoms with Crippen molar-refractivity contribution < 1.29 is 33.1 Å². The van der Waals surface area contributed by atoms with Gasteiger partial charge in [0.05, 0.1) is 40.1 Å². The number of aryl methyl sites for hydroxylation is 2. The van der Waals surface area contributed by atoms with E-state index < -0.39 is 18.8 Å². The van der Waals surface area contributed by atoms with Crippen LogP contribution in [0, 0.1) is 24.0 Å². The van der Waals surface area contributed by atoms with E-state index in [2.05, 4.69) is 4.98 Å². The number of para-hydroxylation sites is 1. The maximum absolute atomic E-state index is 12.7. The molecule has 1 aliphatic rings. The Morgan fingerprint density at radius 2 is 1.87 bits per heavy atom. The molecule has 160 valence electrons. The molecule has 0 saturated carbocycles. The molecule has 0 unspecified atom stereocenters. The maximum atomic E-state index is 12.7. The van der Waals surface area contributed by atoms with Gasteiger partial charge in [-0.15, -0.1) is 0 Å². The van der Waals surface area contributed by atoms with Crippen molar-refractivity contribution in [3.63, 3.8) is 0 Å². The number of hydrogen-bond donors (Lipinski definition) is 1. The van der Waals surface area contributed by atoms with Gasteiger partial charge in [-0.1, -0.05) is 12.1 Å². The van der Waals surface area contributed by atoms with Crippen LogP contribution >= 0.6 is 7.94 Å². The van der Waals surface area contributed by atoms with Crippen LogP contribution in [0.1, 0.15) is 21.7 Å². The van der Waals surface area contributed by atoms with Crippen LogP contribution < -0.4 is 5.30 Å². The van der Waals surface area contributed by atoms with Crippen molar-refractivity contribution in [2.45, 2.75) is 20.0 Å². The Balaban J connectivity index is 2.36. The topological polar surface area (TPSA) is 130 Å². The van der Waals surface area contributed by atoms with Crippen molar-refractivity contribution in [2.75, 3.05) is 27.4 Å². The molecule has 0 bridgehead atoms. The Bertz CT molecular complexity index is 989. The van der Waals surface area contributed by atoms with E-state index in [1.807, 2.05) is 0 Å². The third-order valence-corrected chi connectivity index (χ3v) is 6.88. The van der Waals surface area contributed by atoms with Gasteiger partial charge in [0.1, 0.15) is 19.3 Å². The molecule has 0 radical (unpaired) electrons. The van der Waals surface area contributed by atoms with Gasteiger partial charge >= 0.3 is 13.9 Å². The minimum atomic E-state index is -3.73. The Labute approximate surface area is 173 Å². The Morgan fingerprint density at radius 3 is 2.43 bits per heavy atom. The van der Waals surface area contributed by atoms with Crippen LogP contribution in [0.25, 0.3) is 11.1 Å². The molecule has 1 N–H and O–H groups in total. The van der Waals surface area contributed by atoms with Crippen molar-refractivity contribution in [2.24, 2.45) is 0 Å². The zero-order valence-corrected chi connectivity index (χ0v) is 17.8. The number of pyridine rings is 1. The van der Waals surface area contributed by atoms with E-state index in [4.69, 9.17) is 18.5 Å². The highest BCUT2D eigenvalue weighted by Crippen LogP contribution is 2.60.